The quantitative estimate of drug-likeness (QED) is 0.593. The fourth-order valence-corrected chi connectivity index (χ4v) is 2.18. The molecule has 2 rings (SSSR count). The predicted molar refractivity (Wildman–Crippen MR) is 78.8 cm³/mol. The van der Waals surface area contributed by atoms with Crippen LogP contribution in [-0.2, 0) is 0 Å². The number of nitro benzene ring substituents is 1. The lowest BCUT2D eigenvalue weighted by Crippen LogP contribution is -1.97. The molecule has 0 aliphatic heterocycles. The summed E-state index contributed by atoms with van der Waals surface area (Å²) >= 11 is 5.88. The Kier molecular flexibility index (Phi) is 3.95. The number of hydrogen-bond acceptors (Lipinski definition) is 3. The van der Waals surface area contributed by atoms with Crippen LogP contribution in [0.5, 0.6) is 11.5 Å². The van der Waals surface area contributed by atoms with E-state index in [1.807, 2.05) is 32.9 Å². The lowest BCUT2D eigenvalue weighted by molar-refractivity contribution is -0.385. The van der Waals surface area contributed by atoms with Crippen LogP contribution in [0.15, 0.2) is 30.3 Å². The number of halogens is 1. The number of ether oxygens (including phenoxy) is 1. The molecule has 0 aromatic heterocycles. The summed E-state index contributed by atoms with van der Waals surface area (Å²) in [5.41, 5.74) is 2.73. The molecule has 0 aliphatic rings. The van der Waals surface area contributed by atoms with E-state index in [1.54, 1.807) is 12.1 Å². The SMILES string of the molecule is Cc1ccc(C)c(Oc2cccc(Cl)c2[N+](=O)[O-])c1C. The molecule has 0 saturated carbocycles. The molecule has 20 heavy (non-hydrogen) atoms. The highest BCUT2D eigenvalue weighted by Gasteiger charge is 2.21. The Balaban J connectivity index is 2.54. The molecule has 0 bridgehead atoms. The number of nitrogens with zero attached hydrogens (tertiary/aromatic N) is 1. The van der Waals surface area contributed by atoms with Crippen LogP contribution in [0.25, 0.3) is 0 Å². The number of hydrogen-bond donors (Lipinski definition) is 0. The Bertz CT molecular complexity index is 683. The lowest BCUT2D eigenvalue weighted by atomic mass is 10.1. The molecule has 0 amide bonds. The van der Waals surface area contributed by atoms with Crippen molar-refractivity contribution in [2.45, 2.75) is 20.8 Å². The van der Waals surface area contributed by atoms with E-state index in [0.717, 1.165) is 16.7 Å². The third-order valence-corrected chi connectivity index (χ3v) is 3.52. The molecule has 0 atom stereocenters. The maximum atomic E-state index is 11.1. The average molecular weight is 292 g/mol. The highest BCUT2D eigenvalue weighted by atomic mass is 35.5. The molecule has 0 heterocycles. The van der Waals surface area contributed by atoms with E-state index >= 15 is 0 Å². The van der Waals surface area contributed by atoms with E-state index in [-0.39, 0.29) is 16.5 Å². The summed E-state index contributed by atoms with van der Waals surface area (Å²) in [4.78, 5) is 10.6. The Morgan fingerprint density at radius 1 is 1.10 bits per heavy atom. The summed E-state index contributed by atoms with van der Waals surface area (Å²) in [5.74, 6) is 0.787. The zero-order valence-corrected chi connectivity index (χ0v) is 12.2. The summed E-state index contributed by atoms with van der Waals surface area (Å²) < 4.78 is 5.77. The Morgan fingerprint density at radius 3 is 2.40 bits per heavy atom. The minimum atomic E-state index is -0.530. The number of benzene rings is 2. The van der Waals surface area contributed by atoms with Crippen molar-refractivity contribution in [3.63, 3.8) is 0 Å². The first-order valence-corrected chi connectivity index (χ1v) is 6.47. The Hall–Kier alpha value is -2.07. The van der Waals surface area contributed by atoms with Crippen LogP contribution < -0.4 is 4.74 Å². The first-order valence-electron chi connectivity index (χ1n) is 6.09. The van der Waals surface area contributed by atoms with Gasteiger partial charge in [0.05, 0.1) is 4.92 Å². The van der Waals surface area contributed by atoms with Gasteiger partial charge in [0.2, 0.25) is 5.75 Å². The van der Waals surface area contributed by atoms with E-state index in [1.165, 1.54) is 6.07 Å². The fraction of sp³-hybridized carbons (Fsp3) is 0.200. The topological polar surface area (TPSA) is 52.4 Å². The maximum absolute atomic E-state index is 11.1. The van der Waals surface area contributed by atoms with Crippen molar-refractivity contribution in [2.24, 2.45) is 0 Å². The second kappa shape index (κ2) is 5.51. The molecule has 4 nitrogen and oxygen atoms in total. The molecule has 0 fully saturated rings. The maximum Gasteiger partial charge on any atom is 0.329 e. The smallest absolute Gasteiger partial charge is 0.329 e. The van der Waals surface area contributed by atoms with Gasteiger partial charge in [-0.1, -0.05) is 29.8 Å². The summed E-state index contributed by atoms with van der Waals surface area (Å²) in [5, 5.41) is 11.2. The van der Waals surface area contributed by atoms with Crippen molar-refractivity contribution in [3.05, 3.63) is 62.2 Å². The third-order valence-electron chi connectivity index (χ3n) is 3.22. The second-order valence-electron chi connectivity index (χ2n) is 4.60. The molecule has 2 aromatic carbocycles. The molecular weight excluding hydrogens is 278 g/mol. The normalized spacial score (nSPS) is 10.4. The van der Waals surface area contributed by atoms with Gasteiger partial charge in [0.1, 0.15) is 10.8 Å². The van der Waals surface area contributed by atoms with E-state index in [4.69, 9.17) is 16.3 Å². The van der Waals surface area contributed by atoms with Crippen molar-refractivity contribution in [2.75, 3.05) is 0 Å². The van der Waals surface area contributed by atoms with Crippen molar-refractivity contribution in [1.82, 2.24) is 0 Å². The van der Waals surface area contributed by atoms with Crippen LogP contribution >= 0.6 is 11.6 Å². The van der Waals surface area contributed by atoms with E-state index < -0.39 is 4.92 Å². The van der Waals surface area contributed by atoms with E-state index in [9.17, 15) is 10.1 Å². The van der Waals surface area contributed by atoms with Gasteiger partial charge in [-0.2, -0.15) is 0 Å². The van der Waals surface area contributed by atoms with Crippen molar-refractivity contribution < 1.29 is 9.66 Å². The van der Waals surface area contributed by atoms with Crippen LogP contribution in [0, 0.1) is 30.9 Å². The predicted octanol–water partition coefficient (Wildman–Crippen LogP) is 4.97. The molecule has 0 saturated heterocycles. The van der Waals surface area contributed by atoms with Crippen LogP contribution in [0.1, 0.15) is 16.7 Å². The molecule has 2 aromatic rings. The van der Waals surface area contributed by atoms with E-state index in [2.05, 4.69) is 0 Å². The van der Waals surface area contributed by atoms with Gasteiger partial charge in [0.15, 0.2) is 0 Å². The summed E-state index contributed by atoms with van der Waals surface area (Å²) in [7, 11) is 0. The van der Waals surface area contributed by atoms with Crippen LogP contribution in [-0.4, -0.2) is 4.92 Å². The molecule has 0 spiro atoms. The monoisotopic (exact) mass is 291 g/mol. The number of nitro groups is 1. The Morgan fingerprint density at radius 2 is 1.75 bits per heavy atom. The largest absolute Gasteiger partial charge is 0.449 e. The number of rotatable bonds is 3. The molecule has 104 valence electrons. The molecule has 0 radical (unpaired) electrons. The minimum Gasteiger partial charge on any atom is -0.449 e. The summed E-state index contributed by atoms with van der Waals surface area (Å²) in [6.45, 7) is 5.79. The van der Waals surface area contributed by atoms with Crippen LogP contribution in [0.3, 0.4) is 0 Å². The molecule has 0 aliphatic carbocycles. The molecule has 0 unspecified atom stereocenters. The molecule has 5 heteroatoms. The van der Waals surface area contributed by atoms with Gasteiger partial charge in [0.25, 0.3) is 0 Å². The van der Waals surface area contributed by atoms with Gasteiger partial charge >= 0.3 is 5.69 Å². The lowest BCUT2D eigenvalue weighted by Gasteiger charge is -2.13. The number of para-hydroxylation sites is 1. The van der Waals surface area contributed by atoms with Crippen molar-refractivity contribution >= 4 is 17.3 Å². The highest BCUT2D eigenvalue weighted by molar-refractivity contribution is 6.32. The zero-order valence-electron chi connectivity index (χ0n) is 11.4. The van der Waals surface area contributed by atoms with Gasteiger partial charge in [-0.25, -0.2) is 0 Å². The van der Waals surface area contributed by atoms with Crippen molar-refractivity contribution in [1.29, 1.82) is 0 Å². The first kappa shape index (κ1) is 14.3. The summed E-state index contributed by atoms with van der Waals surface area (Å²) in [6.07, 6.45) is 0. The zero-order chi connectivity index (χ0) is 14.9. The van der Waals surface area contributed by atoms with Gasteiger partial charge in [-0.05, 0) is 49.6 Å². The van der Waals surface area contributed by atoms with Gasteiger partial charge < -0.3 is 4.74 Å². The van der Waals surface area contributed by atoms with Gasteiger partial charge in [0, 0.05) is 0 Å². The second-order valence-corrected chi connectivity index (χ2v) is 5.01. The minimum absolute atomic E-state index is 0.0652. The fourth-order valence-electron chi connectivity index (χ4n) is 1.95. The Labute approximate surface area is 122 Å². The highest BCUT2D eigenvalue weighted by Crippen LogP contribution is 2.39. The van der Waals surface area contributed by atoms with Gasteiger partial charge in [-0.15, -0.1) is 0 Å². The van der Waals surface area contributed by atoms with Crippen LogP contribution in [0.4, 0.5) is 5.69 Å². The van der Waals surface area contributed by atoms with E-state index in [0.29, 0.717) is 5.75 Å². The van der Waals surface area contributed by atoms with Crippen molar-refractivity contribution in [3.8, 4) is 11.5 Å². The molecule has 0 N–H and O–H groups in total. The average Bonchev–Trinajstić information content (AvgIpc) is 2.39. The third kappa shape index (κ3) is 2.60. The van der Waals surface area contributed by atoms with Gasteiger partial charge in [-0.3, -0.25) is 10.1 Å². The number of aryl methyl sites for hydroxylation is 2. The first-order chi connectivity index (χ1) is 9.41. The van der Waals surface area contributed by atoms with Crippen LogP contribution in [0.2, 0.25) is 5.02 Å². The standard InChI is InChI=1S/C15H14ClNO3/c1-9-7-8-10(2)15(11(9)3)20-13-6-4-5-12(16)14(13)17(18)19/h4-8H,1-3H3. The summed E-state index contributed by atoms with van der Waals surface area (Å²) in [6, 6.07) is 8.57. The molecular formula is C15H14ClNO3.